The minimum atomic E-state index is -1.16. The SMILES string of the molecule is CC.NCCCCC(N)C(=O)NC(CN)C(=O)O. The highest BCUT2D eigenvalue weighted by Crippen LogP contribution is 1.98. The zero-order chi connectivity index (χ0) is 14.6. The summed E-state index contributed by atoms with van der Waals surface area (Å²) in [7, 11) is 0. The molecule has 7 nitrogen and oxygen atoms in total. The number of carboxylic acid groups (broad SMARTS) is 1. The van der Waals surface area contributed by atoms with E-state index in [9.17, 15) is 9.59 Å². The van der Waals surface area contributed by atoms with Crippen LogP contribution in [0.25, 0.3) is 0 Å². The molecule has 108 valence electrons. The summed E-state index contributed by atoms with van der Waals surface area (Å²) in [4.78, 5) is 22.0. The number of aliphatic carboxylic acids is 1. The molecule has 0 aliphatic heterocycles. The number of nitrogens with one attached hydrogen (secondary N) is 1. The number of rotatable bonds is 8. The van der Waals surface area contributed by atoms with E-state index in [4.69, 9.17) is 22.3 Å². The molecule has 2 atom stereocenters. The molecular weight excluding hydrogens is 236 g/mol. The average molecular weight is 262 g/mol. The van der Waals surface area contributed by atoms with Crippen LogP contribution in [0, 0.1) is 0 Å². The number of hydrogen-bond acceptors (Lipinski definition) is 5. The highest BCUT2D eigenvalue weighted by Gasteiger charge is 2.21. The summed E-state index contributed by atoms with van der Waals surface area (Å²) in [6.45, 7) is 4.39. The predicted octanol–water partition coefficient (Wildman–Crippen LogP) is -1.00. The number of unbranched alkanes of at least 4 members (excludes halogenated alkanes) is 1. The average Bonchev–Trinajstić information content (AvgIpc) is 2.37. The minimum Gasteiger partial charge on any atom is -0.480 e. The lowest BCUT2D eigenvalue weighted by molar-refractivity contribution is -0.141. The van der Waals surface area contributed by atoms with Gasteiger partial charge in [-0.05, 0) is 19.4 Å². The second kappa shape index (κ2) is 12.3. The lowest BCUT2D eigenvalue weighted by Gasteiger charge is -2.16. The molecule has 0 radical (unpaired) electrons. The molecule has 0 fully saturated rings. The third-order valence-corrected chi connectivity index (χ3v) is 2.16. The fourth-order valence-electron chi connectivity index (χ4n) is 1.14. The van der Waals surface area contributed by atoms with Crippen LogP contribution in [-0.4, -0.2) is 42.2 Å². The van der Waals surface area contributed by atoms with Crippen molar-refractivity contribution in [3.63, 3.8) is 0 Å². The Morgan fingerprint density at radius 1 is 1.22 bits per heavy atom. The Bertz CT molecular complexity index is 236. The first-order valence-electron chi connectivity index (χ1n) is 6.21. The Morgan fingerprint density at radius 3 is 2.17 bits per heavy atom. The third-order valence-electron chi connectivity index (χ3n) is 2.16. The summed E-state index contributed by atoms with van der Waals surface area (Å²) in [5, 5.41) is 10.9. The second-order valence-electron chi connectivity index (χ2n) is 3.53. The van der Waals surface area contributed by atoms with E-state index in [1.165, 1.54) is 0 Å². The molecule has 18 heavy (non-hydrogen) atoms. The summed E-state index contributed by atoms with van der Waals surface area (Å²) in [6.07, 6.45) is 2.02. The van der Waals surface area contributed by atoms with Gasteiger partial charge in [-0.3, -0.25) is 4.79 Å². The molecule has 1 amide bonds. The molecule has 0 saturated carbocycles. The minimum absolute atomic E-state index is 0.156. The van der Waals surface area contributed by atoms with Crippen molar-refractivity contribution in [2.75, 3.05) is 13.1 Å². The van der Waals surface area contributed by atoms with Gasteiger partial charge >= 0.3 is 5.97 Å². The van der Waals surface area contributed by atoms with Gasteiger partial charge in [0.15, 0.2) is 0 Å². The van der Waals surface area contributed by atoms with Crippen molar-refractivity contribution in [2.45, 2.75) is 45.2 Å². The summed E-state index contributed by atoms with van der Waals surface area (Å²) in [5.41, 5.74) is 16.1. The Labute approximate surface area is 108 Å². The maximum atomic E-state index is 11.4. The van der Waals surface area contributed by atoms with Crippen LogP contribution in [0.2, 0.25) is 0 Å². The van der Waals surface area contributed by atoms with Crippen molar-refractivity contribution in [2.24, 2.45) is 17.2 Å². The monoisotopic (exact) mass is 262 g/mol. The number of amides is 1. The topological polar surface area (TPSA) is 144 Å². The molecule has 7 heteroatoms. The quantitative estimate of drug-likeness (QED) is 0.355. The zero-order valence-corrected chi connectivity index (χ0v) is 11.2. The first-order chi connectivity index (χ1) is 8.52. The van der Waals surface area contributed by atoms with E-state index in [2.05, 4.69) is 5.32 Å². The van der Waals surface area contributed by atoms with E-state index in [-0.39, 0.29) is 6.54 Å². The van der Waals surface area contributed by atoms with Gasteiger partial charge in [0.1, 0.15) is 6.04 Å². The smallest absolute Gasteiger partial charge is 0.327 e. The van der Waals surface area contributed by atoms with Crippen LogP contribution < -0.4 is 22.5 Å². The molecule has 8 N–H and O–H groups in total. The largest absolute Gasteiger partial charge is 0.480 e. The summed E-state index contributed by atoms with van der Waals surface area (Å²) >= 11 is 0. The van der Waals surface area contributed by atoms with Crippen molar-refractivity contribution >= 4 is 11.9 Å². The van der Waals surface area contributed by atoms with Crippen molar-refractivity contribution in [3.05, 3.63) is 0 Å². The van der Waals surface area contributed by atoms with Gasteiger partial charge in [-0.15, -0.1) is 0 Å². The van der Waals surface area contributed by atoms with Gasteiger partial charge in [0.05, 0.1) is 6.04 Å². The standard InChI is InChI=1S/C9H20N4O3.C2H6/c10-4-2-1-3-6(12)8(14)13-7(5-11)9(15)16;1-2/h6-7H,1-5,10-12H2,(H,13,14)(H,15,16);1-2H3. The number of carbonyl (C=O) groups is 2. The molecule has 0 aliphatic rings. The Hall–Kier alpha value is -1.18. The molecule has 0 aliphatic carbocycles. The molecular formula is C11H26N4O3. The Kier molecular flexibility index (Phi) is 13.1. The lowest BCUT2D eigenvalue weighted by atomic mass is 10.1. The molecule has 0 rings (SSSR count). The van der Waals surface area contributed by atoms with Gasteiger partial charge in [0, 0.05) is 6.54 Å². The highest BCUT2D eigenvalue weighted by molar-refractivity contribution is 5.86. The van der Waals surface area contributed by atoms with Gasteiger partial charge in [-0.25, -0.2) is 4.79 Å². The van der Waals surface area contributed by atoms with E-state index in [0.717, 1.165) is 12.8 Å². The molecule has 0 saturated heterocycles. The maximum absolute atomic E-state index is 11.4. The van der Waals surface area contributed by atoms with E-state index >= 15 is 0 Å². The van der Waals surface area contributed by atoms with Gasteiger partial charge < -0.3 is 27.6 Å². The Morgan fingerprint density at radius 2 is 1.78 bits per heavy atom. The predicted molar refractivity (Wildman–Crippen MR) is 70.8 cm³/mol. The van der Waals surface area contributed by atoms with E-state index in [0.29, 0.717) is 13.0 Å². The summed E-state index contributed by atoms with van der Waals surface area (Å²) < 4.78 is 0. The van der Waals surface area contributed by atoms with Gasteiger partial charge in [-0.2, -0.15) is 0 Å². The first kappa shape index (κ1) is 19.2. The summed E-state index contributed by atoms with van der Waals surface area (Å²) in [6, 6.07) is -1.78. The normalized spacial score (nSPS) is 12.9. The van der Waals surface area contributed by atoms with E-state index < -0.39 is 24.0 Å². The van der Waals surface area contributed by atoms with Crippen molar-refractivity contribution in [3.8, 4) is 0 Å². The van der Waals surface area contributed by atoms with E-state index in [1.807, 2.05) is 13.8 Å². The van der Waals surface area contributed by atoms with Crippen molar-refractivity contribution in [1.29, 1.82) is 0 Å². The number of hydrogen-bond donors (Lipinski definition) is 5. The number of carboxylic acids is 1. The lowest BCUT2D eigenvalue weighted by Crippen LogP contribution is -2.51. The molecule has 0 heterocycles. The third kappa shape index (κ3) is 8.91. The molecule has 2 unspecified atom stereocenters. The van der Waals surface area contributed by atoms with Crippen LogP contribution in [0.15, 0.2) is 0 Å². The van der Waals surface area contributed by atoms with Crippen molar-refractivity contribution < 1.29 is 14.7 Å². The van der Waals surface area contributed by atoms with E-state index in [1.54, 1.807) is 0 Å². The van der Waals surface area contributed by atoms with Gasteiger partial charge in [0.2, 0.25) is 5.91 Å². The van der Waals surface area contributed by atoms with Gasteiger partial charge in [-0.1, -0.05) is 20.3 Å². The van der Waals surface area contributed by atoms with Crippen LogP contribution >= 0.6 is 0 Å². The van der Waals surface area contributed by atoms with Crippen LogP contribution in [0.3, 0.4) is 0 Å². The van der Waals surface area contributed by atoms with Crippen LogP contribution in [-0.2, 0) is 9.59 Å². The molecule has 0 bridgehead atoms. The van der Waals surface area contributed by atoms with Crippen LogP contribution in [0.1, 0.15) is 33.1 Å². The molecule has 0 spiro atoms. The summed E-state index contributed by atoms with van der Waals surface area (Å²) in [5.74, 6) is -1.65. The van der Waals surface area contributed by atoms with Crippen LogP contribution in [0.5, 0.6) is 0 Å². The fraction of sp³-hybridized carbons (Fsp3) is 0.818. The maximum Gasteiger partial charge on any atom is 0.327 e. The second-order valence-corrected chi connectivity index (χ2v) is 3.53. The highest BCUT2D eigenvalue weighted by atomic mass is 16.4. The first-order valence-corrected chi connectivity index (χ1v) is 6.21. The zero-order valence-electron chi connectivity index (χ0n) is 11.2. The van der Waals surface area contributed by atoms with Gasteiger partial charge in [0.25, 0.3) is 0 Å². The van der Waals surface area contributed by atoms with Crippen molar-refractivity contribution in [1.82, 2.24) is 5.32 Å². The molecule has 0 aromatic rings. The fourth-order valence-corrected chi connectivity index (χ4v) is 1.14. The van der Waals surface area contributed by atoms with Crippen LogP contribution in [0.4, 0.5) is 0 Å². The number of carbonyl (C=O) groups excluding carboxylic acids is 1. The molecule has 0 aromatic heterocycles. The molecule has 0 aromatic carbocycles. The number of nitrogens with two attached hydrogens (primary N) is 3. The Balaban J connectivity index is 0.